The van der Waals surface area contributed by atoms with E-state index in [2.05, 4.69) is 26.3 Å². The minimum Gasteiger partial charge on any atom is -0.308 e. The van der Waals surface area contributed by atoms with Gasteiger partial charge in [-0.1, -0.05) is 11.6 Å². The fraction of sp³-hybridized carbons (Fsp3) is 0.125. The monoisotopic (exact) mass is 261 g/mol. The van der Waals surface area contributed by atoms with Crippen molar-refractivity contribution in [1.82, 2.24) is 5.43 Å². The highest BCUT2D eigenvalue weighted by Gasteiger charge is 2.05. The average Bonchev–Trinajstić information content (AvgIpc) is 2.10. The number of aliphatic imine (C=N–C) groups is 1. The van der Waals surface area contributed by atoms with Crippen molar-refractivity contribution in [2.45, 2.75) is 0 Å². The molecule has 70 valence electrons. The Bertz CT molecular complexity index is 338. The third-order valence-electron chi connectivity index (χ3n) is 1.55. The lowest BCUT2D eigenvalue weighted by molar-refractivity contribution is 1.02. The highest BCUT2D eigenvalue weighted by molar-refractivity contribution is 9.10. The van der Waals surface area contributed by atoms with Crippen molar-refractivity contribution in [3.8, 4) is 0 Å². The Morgan fingerprint density at radius 3 is 2.77 bits per heavy atom. The first kappa shape index (κ1) is 10.5. The highest BCUT2D eigenvalue weighted by atomic mass is 79.9. The lowest BCUT2D eigenvalue weighted by atomic mass is 10.2. The summed E-state index contributed by atoms with van der Waals surface area (Å²) in [7, 11) is 1.66. The van der Waals surface area contributed by atoms with Crippen LogP contribution in [0.4, 0.5) is 0 Å². The summed E-state index contributed by atoms with van der Waals surface area (Å²) >= 11 is 9.15. The van der Waals surface area contributed by atoms with Crippen LogP contribution in [0.5, 0.6) is 0 Å². The Morgan fingerprint density at radius 2 is 2.31 bits per heavy atom. The molecule has 0 saturated carbocycles. The van der Waals surface area contributed by atoms with Gasteiger partial charge in [-0.05, 0) is 34.1 Å². The summed E-state index contributed by atoms with van der Waals surface area (Å²) in [5.74, 6) is 5.90. The summed E-state index contributed by atoms with van der Waals surface area (Å²) in [6.45, 7) is 0. The first-order valence-electron chi connectivity index (χ1n) is 3.58. The first-order chi connectivity index (χ1) is 6.19. The Hall–Kier alpha value is -0.580. The molecule has 0 aliphatic carbocycles. The molecule has 0 aliphatic heterocycles. The van der Waals surface area contributed by atoms with E-state index >= 15 is 0 Å². The SMILES string of the molecule is CN=C(NN)c1ccc(Cl)cc1Br. The van der Waals surface area contributed by atoms with E-state index in [0.29, 0.717) is 10.9 Å². The van der Waals surface area contributed by atoms with Crippen molar-refractivity contribution in [3.05, 3.63) is 33.3 Å². The minimum atomic E-state index is 0.614. The maximum absolute atomic E-state index is 5.79. The molecule has 1 aromatic carbocycles. The summed E-state index contributed by atoms with van der Waals surface area (Å²) in [6, 6.07) is 5.41. The summed E-state index contributed by atoms with van der Waals surface area (Å²) < 4.78 is 0.860. The quantitative estimate of drug-likeness (QED) is 0.352. The van der Waals surface area contributed by atoms with Crippen molar-refractivity contribution in [2.75, 3.05) is 7.05 Å². The Balaban J connectivity index is 3.15. The van der Waals surface area contributed by atoms with Crippen molar-refractivity contribution >= 4 is 33.4 Å². The summed E-state index contributed by atoms with van der Waals surface area (Å²) in [5, 5.41) is 0.670. The lowest BCUT2D eigenvalue weighted by Gasteiger charge is -2.06. The van der Waals surface area contributed by atoms with Gasteiger partial charge in [0.1, 0.15) is 5.84 Å². The zero-order chi connectivity index (χ0) is 9.84. The molecule has 1 rings (SSSR count). The standard InChI is InChI=1S/C8H9BrClN3/c1-12-8(13-11)6-3-2-5(10)4-7(6)9/h2-4H,11H2,1H3,(H,12,13). The highest BCUT2D eigenvalue weighted by Crippen LogP contribution is 2.21. The van der Waals surface area contributed by atoms with Crippen LogP contribution in [-0.4, -0.2) is 12.9 Å². The zero-order valence-corrected chi connectivity index (χ0v) is 9.35. The van der Waals surface area contributed by atoms with Gasteiger partial charge in [-0.3, -0.25) is 4.99 Å². The van der Waals surface area contributed by atoms with Crippen LogP contribution in [0, 0.1) is 0 Å². The molecule has 0 aliphatic rings. The normalized spacial score (nSPS) is 11.5. The Kier molecular flexibility index (Phi) is 3.71. The van der Waals surface area contributed by atoms with E-state index < -0.39 is 0 Å². The van der Waals surface area contributed by atoms with Gasteiger partial charge in [0.2, 0.25) is 0 Å². The predicted octanol–water partition coefficient (Wildman–Crippen LogP) is 1.94. The number of nitrogens with zero attached hydrogens (tertiary/aromatic N) is 1. The number of halogens is 2. The second-order valence-corrected chi connectivity index (χ2v) is 3.63. The molecule has 13 heavy (non-hydrogen) atoms. The summed E-state index contributed by atoms with van der Waals surface area (Å²) in [4.78, 5) is 3.97. The van der Waals surface area contributed by atoms with E-state index in [0.717, 1.165) is 10.0 Å². The summed E-state index contributed by atoms with van der Waals surface area (Å²) in [6.07, 6.45) is 0. The number of amidine groups is 1. The predicted molar refractivity (Wildman–Crippen MR) is 58.9 cm³/mol. The fourth-order valence-corrected chi connectivity index (χ4v) is 1.81. The van der Waals surface area contributed by atoms with Crippen molar-refractivity contribution in [2.24, 2.45) is 10.8 Å². The number of hydrogen-bond acceptors (Lipinski definition) is 2. The van der Waals surface area contributed by atoms with Gasteiger partial charge in [-0.25, -0.2) is 5.84 Å². The molecule has 0 heterocycles. The number of benzene rings is 1. The molecule has 0 fully saturated rings. The Morgan fingerprint density at radius 1 is 1.62 bits per heavy atom. The second-order valence-electron chi connectivity index (χ2n) is 2.34. The van der Waals surface area contributed by atoms with Crippen LogP contribution < -0.4 is 11.3 Å². The molecule has 0 unspecified atom stereocenters. The van der Waals surface area contributed by atoms with Crippen LogP contribution in [0.15, 0.2) is 27.7 Å². The number of nitrogens with two attached hydrogens (primary N) is 1. The van der Waals surface area contributed by atoms with Crippen molar-refractivity contribution in [1.29, 1.82) is 0 Å². The van der Waals surface area contributed by atoms with Gasteiger partial charge in [0.05, 0.1) is 0 Å². The molecule has 0 saturated heterocycles. The zero-order valence-electron chi connectivity index (χ0n) is 7.01. The van der Waals surface area contributed by atoms with E-state index in [1.165, 1.54) is 0 Å². The average molecular weight is 263 g/mol. The van der Waals surface area contributed by atoms with Crippen LogP contribution in [0.3, 0.4) is 0 Å². The molecule has 3 nitrogen and oxygen atoms in total. The molecule has 0 radical (unpaired) electrons. The van der Waals surface area contributed by atoms with Gasteiger partial charge in [-0.15, -0.1) is 0 Å². The van der Waals surface area contributed by atoms with E-state index in [1.54, 1.807) is 19.2 Å². The van der Waals surface area contributed by atoms with Crippen LogP contribution >= 0.6 is 27.5 Å². The van der Waals surface area contributed by atoms with E-state index in [1.807, 2.05) is 6.07 Å². The minimum absolute atomic E-state index is 0.614. The van der Waals surface area contributed by atoms with Gasteiger partial charge >= 0.3 is 0 Å². The van der Waals surface area contributed by atoms with Crippen LogP contribution in [0.2, 0.25) is 5.02 Å². The molecule has 0 spiro atoms. The van der Waals surface area contributed by atoms with E-state index in [-0.39, 0.29) is 0 Å². The van der Waals surface area contributed by atoms with Crippen molar-refractivity contribution in [3.63, 3.8) is 0 Å². The third kappa shape index (κ3) is 2.43. The lowest BCUT2D eigenvalue weighted by Crippen LogP contribution is -2.31. The topological polar surface area (TPSA) is 50.4 Å². The van der Waals surface area contributed by atoms with Gasteiger partial charge in [0.15, 0.2) is 0 Å². The number of hydrazine groups is 1. The van der Waals surface area contributed by atoms with Gasteiger partial charge in [0, 0.05) is 22.1 Å². The molecule has 0 amide bonds. The van der Waals surface area contributed by atoms with E-state index in [9.17, 15) is 0 Å². The molecular weight excluding hydrogens is 253 g/mol. The van der Waals surface area contributed by atoms with Crippen LogP contribution in [0.1, 0.15) is 5.56 Å². The van der Waals surface area contributed by atoms with Gasteiger partial charge < -0.3 is 5.43 Å². The molecular formula is C8H9BrClN3. The molecule has 0 aromatic heterocycles. The Labute approximate surface area is 90.1 Å². The fourth-order valence-electron chi connectivity index (χ4n) is 0.944. The third-order valence-corrected chi connectivity index (χ3v) is 2.44. The molecule has 3 N–H and O–H groups in total. The number of nitrogens with one attached hydrogen (secondary N) is 1. The first-order valence-corrected chi connectivity index (χ1v) is 4.75. The van der Waals surface area contributed by atoms with Crippen LogP contribution in [-0.2, 0) is 0 Å². The number of rotatable bonds is 1. The summed E-state index contributed by atoms with van der Waals surface area (Å²) in [5.41, 5.74) is 3.39. The number of hydrogen-bond donors (Lipinski definition) is 2. The molecule has 5 heteroatoms. The smallest absolute Gasteiger partial charge is 0.143 e. The maximum Gasteiger partial charge on any atom is 0.143 e. The maximum atomic E-state index is 5.79. The molecule has 0 atom stereocenters. The van der Waals surface area contributed by atoms with Gasteiger partial charge in [0.25, 0.3) is 0 Å². The second kappa shape index (κ2) is 4.60. The molecule has 1 aromatic rings. The van der Waals surface area contributed by atoms with E-state index in [4.69, 9.17) is 17.4 Å². The van der Waals surface area contributed by atoms with Gasteiger partial charge in [-0.2, -0.15) is 0 Å². The van der Waals surface area contributed by atoms with Crippen LogP contribution in [0.25, 0.3) is 0 Å². The largest absolute Gasteiger partial charge is 0.308 e. The molecule has 0 bridgehead atoms. The van der Waals surface area contributed by atoms with Crippen molar-refractivity contribution < 1.29 is 0 Å².